The number of thiazole rings is 1. The fourth-order valence-corrected chi connectivity index (χ4v) is 4.60. The number of halogens is 2. The smallest absolute Gasteiger partial charge is 0.255 e. The molecule has 1 aliphatic carbocycles. The Hall–Kier alpha value is -1.99. The van der Waals surface area contributed by atoms with Crippen molar-refractivity contribution in [3.05, 3.63) is 50.7 Å². The highest BCUT2D eigenvalue weighted by Gasteiger charge is 2.30. The number of aromatic nitrogens is 1. The number of piperidine rings is 1. The van der Waals surface area contributed by atoms with E-state index < -0.39 is 5.82 Å². The van der Waals surface area contributed by atoms with Gasteiger partial charge in [-0.3, -0.25) is 9.59 Å². The molecular weight excluding hydrogens is 401 g/mol. The zero-order chi connectivity index (χ0) is 19.7. The Labute approximate surface area is 171 Å². The van der Waals surface area contributed by atoms with Gasteiger partial charge in [0, 0.05) is 30.3 Å². The second-order valence-electron chi connectivity index (χ2n) is 7.38. The Balaban J connectivity index is 1.40. The van der Waals surface area contributed by atoms with Crippen LogP contribution in [0.1, 0.15) is 52.7 Å². The van der Waals surface area contributed by atoms with E-state index >= 15 is 0 Å². The number of benzene rings is 1. The van der Waals surface area contributed by atoms with Gasteiger partial charge < -0.3 is 10.2 Å². The zero-order valence-corrected chi connectivity index (χ0v) is 16.9. The molecule has 0 unspecified atom stereocenters. The highest BCUT2D eigenvalue weighted by molar-refractivity contribution is 7.09. The normalized spacial score (nSPS) is 19.5. The molecule has 0 bridgehead atoms. The maximum atomic E-state index is 13.5. The number of hydrogen-bond acceptors (Lipinski definition) is 4. The maximum absolute atomic E-state index is 13.5. The van der Waals surface area contributed by atoms with Crippen molar-refractivity contribution < 1.29 is 14.0 Å². The molecule has 2 amide bonds. The third kappa shape index (κ3) is 4.36. The summed E-state index contributed by atoms with van der Waals surface area (Å²) in [7, 11) is 0. The molecule has 2 aromatic rings. The van der Waals surface area contributed by atoms with Gasteiger partial charge in [0.25, 0.3) is 5.91 Å². The van der Waals surface area contributed by atoms with Crippen LogP contribution in [0.4, 0.5) is 4.39 Å². The van der Waals surface area contributed by atoms with Crippen LogP contribution in [-0.2, 0) is 11.3 Å². The van der Waals surface area contributed by atoms with E-state index in [1.165, 1.54) is 18.2 Å². The van der Waals surface area contributed by atoms with Crippen molar-refractivity contribution in [2.75, 3.05) is 13.1 Å². The van der Waals surface area contributed by atoms with Crippen LogP contribution in [0.3, 0.4) is 0 Å². The second kappa shape index (κ2) is 8.17. The predicted molar refractivity (Wildman–Crippen MR) is 106 cm³/mol. The molecular formula is C20H21ClFN3O2S. The average molecular weight is 422 g/mol. The fraction of sp³-hybridized carbons (Fsp3) is 0.450. The summed E-state index contributed by atoms with van der Waals surface area (Å²) >= 11 is 7.66. The molecule has 2 heterocycles. The van der Waals surface area contributed by atoms with Crippen LogP contribution in [0.2, 0.25) is 5.02 Å². The van der Waals surface area contributed by atoms with Gasteiger partial charge in [0.05, 0.1) is 27.8 Å². The van der Waals surface area contributed by atoms with Gasteiger partial charge in [-0.05, 0) is 43.9 Å². The highest BCUT2D eigenvalue weighted by Crippen LogP contribution is 2.31. The van der Waals surface area contributed by atoms with Crippen LogP contribution in [0, 0.1) is 11.7 Å². The Morgan fingerprint density at radius 2 is 2.14 bits per heavy atom. The van der Waals surface area contributed by atoms with Crippen LogP contribution in [0.25, 0.3) is 0 Å². The van der Waals surface area contributed by atoms with Gasteiger partial charge in [-0.2, -0.15) is 0 Å². The molecule has 0 spiro atoms. The summed E-state index contributed by atoms with van der Waals surface area (Å²) in [5.74, 6) is -0.286. The van der Waals surface area contributed by atoms with Gasteiger partial charge in [-0.15, -0.1) is 11.3 Å². The number of likely N-dealkylation sites (tertiary alicyclic amines) is 1. The third-order valence-corrected chi connectivity index (χ3v) is 6.56. The van der Waals surface area contributed by atoms with Crippen molar-refractivity contribution in [3.8, 4) is 0 Å². The lowest BCUT2D eigenvalue weighted by Gasteiger charge is -2.32. The van der Waals surface area contributed by atoms with Crippen molar-refractivity contribution in [3.63, 3.8) is 0 Å². The van der Waals surface area contributed by atoms with Gasteiger partial charge in [-0.1, -0.05) is 11.6 Å². The second-order valence-corrected chi connectivity index (χ2v) is 8.68. The standard InChI is InChI=1S/C20H21ClFN3O2S/c21-17-6-5-14(22)8-16(17)20(27)25-7-1-2-13(10-25)19-24-15(11-28-19)9-23-18(26)12-3-4-12/h5-6,8,11-13H,1-4,7,9-10H2,(H,23,26)/t13-/m0/s1. The molecule has 28 heavy (non-hydrogen) atoms. The van der Waals surface area contributed by atoms with E-state index in [9.17, 15) is 14.0 Å². The van der Waals surface area contributed by atoms with Gasteiger partial charge in [0.15, 0.2) is 0 Å². The lowest BCUT2D eigenvalue weighted by Crippen LogP contribution is -2.39. The van der Waals surface area contributed by atoms with Gasteiger partial charge in [0.1, 0.15) is 5.82 Å². The van der Waals surface area contributed by atoms with E-state index in [2.05, 4.69) is 10.3 Å². The van der Waals surface area contributed by atoms with E-state index in [4.69, 9.17) is 11.6 Å². The van der Waals surface area contributed by atoms with Crippen LogP contribution in [-0.4, -0.2) is 34.8 Å². The number of rotatable bonds is 5. The molecule has 1 saturated carbocycles. The molecule has 1 aliphatic heterocycles. The van der Waals surface area contributed by atoms with E-state index in [0.717, 1.165) is 36.4 Å². The average Bonchev–Trinajstić information content (AvgIpc) is 3.45. The number of nitrogens with one attached hydrogen (secondary N) is 1. The Morgan fingerprint density at radius 3 is 2.93 bits per heavy atom. The van der Waals surface area contributed by atoms with Crippen molar-refractivity contribution in [2.24, 2.45) is 5.92 Å². The van der Waals surface area contributed by atoms with Gasteiger partial charge in [-0.25, -0.2) is 9.37 Å². The van der Waals surface area contributed by atoms with Crippen LogP contribution in [0.15, 0.2) is 23.6 Å². The number of carbonyl (C=O) groups excluding carboxylic acids is 2. The van der Waals surface area contributed by atoms with Crippen LogP contribution < -0.4 is 5.32 Å². The number of carbonyl (C=O) groups is 2. The van der Waals surface area contributed by atoms with E-state index in [1.54, 1.807) is 16.2 Å². The molecule has 148 valence electrons. The largest absolute Gasteiger partial charge is 0.350 e. The van der Waals surface area contributed by atoms with Crippen molar-refractivity contribution >= 4 is 34.8 Å². The van der Waals surface area contributed by atoms with Crippen molar-refractivity contribution in [1.82, 2.24) is 15.2 Å². The Kier molecular flexibility index (Phi) is 5.64. The first kappa shape index (κ1) is 19.3. The first-order valence-corrected chi connectivity index (χ1v) is 10.7. The summed E-state index contributed by atoms with van der Waals surface area (Å²) in [6, 6.07) is 3.85. The number of hydrogen-bond donors (Lipinski definition) is 1. The summed E-state index contributed by atoms with van der Waals surface area (Å²) in [6.45, 7) is 1.60. The summed E-state index contributed by atoms with van der Waals surface area (Å²) in [6.07, 6.45) is 3.77. The maximum Gasteiger partial charge on any atom is 0.255 e. The first-order valence-electron chi connectivity index (χ1n) is 9.47. The monoisotopic (exact) mass is 421 g/mol. The molecule has 0 radical (unpaired) electrons. The molecule has 1 N–H and O–H groups in total. The molecule has 1 saturated heterocycles. The van der Waals surface area contributed by atoms with Crippen LogP contribution >= 0.6 is 22.9 Å². The molecule has 5 nitrogen and oxygen atoms in total. The first-order chi connectivity index (χ1) is 13.5. The Bertz CT molecular complexity index is 899. The zero-order valence-electron chi connectivity index (χ0n) is 15.3. The molecule has 2 aliphatic rings. The lowest BCUT2D eigenvalue weighted by molar-refractivity contribution is -0.122. The third-order valence-electron chi connectivity index (χ3n) is 5.18. The summed E-state index contributed by atoms with van der Waals surface area (Å²) in [5, 5.41) is 6.12. The van der Waals surface area contributed by atoms with E-state index in [0.29, 0.717) is 19.6 Å². The quantitative estimate of drug-likeness (QED) is 0.794. The molecule has 2 fully saturated rings. The minimum absolute atomic E-state index is 0.107. The summed E-state index contributed by atoms with van der Waals surface area (Å²) in [4.78, 5) is 31.0. The molecule has 1 aromatic heterocycles. The molecule has 1 atom stereocenters. The van der Waals surface area contributed by atoms with E-state index in [-0.39, 0.29) is 34.2 Å². The van der Waals surface area contributed by atoms with Crippen molar-refractivity contribution in [1.29, 1.82) is 0 Å². The SMILES string of the molecule is O=C(NCc1csc([C@H]2CCCN(C(=O)c3cc(F)ccc3Cl)C2)n1)C1CC1. The minimum atomic E-state index is -0.473. The molecule has 8 heteroatoms. The van der Waals surface area contributed by atoms with E-state index in [1.807, 2.05) is 5.38 Å². The lowest BCUT2D eigenvalue weighted by atomic mass is 9.98. The fourth-order valence-electron chi connectivity index (χ4n) is 3.45. The number of amides is 2. The van der Waals surface area contributed by atoms with Gasteiger partial charge >= 0.3 is 0 Å². The molecule has 4 rings (SSSR count). The van der Waals surface area contributed by atoms with Crippen molar-refractivity contribution in [2.45, 2.75) is 38.1 Å². The summed E-state index contributed by atoms with van der Waals surface area (Å²) in [5.41, 5.74) is 1.05. The van der Waals surface area contributed by atoms with Gasteiger partial charge in [0.2, 0.25) is 5.91 Å². The van der Waals surface area contributed by atoms with Crippen LogP contribution in [0.5, 0.6) is 0 Å². The summed E-state index contributed by atoms with van der Waals surface area (Å²) < 4.78 is 13.5. The highest BCUT2D eigenvalue weighted by atomic mass is 35.5. The predicted octanol–water partition coefficient (Wildman–Crippen LogP) is 3.98. The topological polar surface area (TPSA) is 62.3 Å². The minimum Gasteiger partial charge on any atom is -0.350 e. The Morgan fingerprint density at radius 1 is 1.32 bits per heavy atom. The number of nitrogens with zero attached hydrogens (tertiary/aromatic N) is 2. The molecule has 1 aromatic carbocycles.